The molecular weight excluding hydrogens is 357 g/mol. The average Bonchev–Trinajstić information content (AvgIpc) is 2.92. The van der Waals surface area contributed by atoms with Gasteiger partial charge in [0.05, 0.1) is 16.7 Å². The molecule has 0 aliphatic carbocycles. The quantitative estimate of drug-likeness (QED) is 0.756. The zero-order valence-corrected chi connectivity index (χ0v) is 18.3. The van der Waals surface area contributed by atoms with E-state index in [1.807, 2.05) is 68.4 Å². The Morgan fingerprint density at radius 3 is 2.21 bits per heavy atom. The van der Waals surface area contributed by atoms with Crippen molar-refractivity contribution in [3.63, 3.8) is 0 Å². The molecule has 1 aromatic carbocycles. The Bertz CT molecular complexity index is 941. The summed E-state index contributed by atoms with van der Waals surface area (Å²) in [5.74, 6) is 0.244. The fourth-order valence-electron chi connectivity index (χ4n) is 3.27. The minimum absolute atomic E-state index is 0.244. The van der Waals surface area contributed by atoms with Crippen LogP contribution < -0.4 is 11.2 Å². The van der Waals surface area contributed by atoms with E-state index in [4.69, 9.17) is 19.8 Å². The summed E-state index contributed by atoms with van der Waals surface area (Å²) in [6.45, 7) is 17.4. The molecule has 0 bridgehead atoms. The molecule has 0 saturated carbocycles. The monoisotopic (exact) mass is 387 g/mol. The number of rotatable bonds is 1. The second-order valence-corrected chi connectivity index (χ2v) is 9.49. The number of nitrogens with zero attached hydrogens (tertiary/aromatic N) is 2. The molecule has 28 heavy (non-hydrogen) atoms. The Labute approximate surface area is 166 Å². The molecule has 0 atom stereocenters. The molecule has 7 nitrogen and oxygen atoms in total. The maximum atomic E-state index is 12.7. The summed E-state index contributed by atoms with van der Waals surface area (Å²) in [5.41, 5.74) is 8.01. The number of aromatic nitrogens is 2. The van der Waals surface area contributed by atoms with Gasteiger partial charge < -0.3 is 19.8 Å². The summed E-state index contributed by atoms with van der Waals surface area (Å²) >= 11 is 0. The van der Waals surface area contributed by atoms with Gasteiger partial charge in [-0.3, -0.25) is 0 Å². The fourth-order valence-corrected chi connectivity index (χ4v) is 3.27. The highest BCUT2D eigenvalue weighted by atomic mass is 16.7. The van der Waals surface area contributed by atoms with Crippen LogP contribution in [0.2, 0.25) is 0 Å². The summed E-state index contributed by atoms with van der Waals surface area (Å²) in [4.78, 5) is 12.7. The number of nitrogens with two attached hydrogens (primary N) is 1. The van der Waals surface area contributed by atoms with Crippen molar-refractivity contribution in [1.82, 2.24) is 9.78 Å². The molecule has 0 unspecified atom stereocenters. The van der Waals surface area contributed by atoms with E-state index >= 15 is 0 Å². The first-order valence-electron chi connectivity index (χ1n) is 9.52. The number of hydrogen-bond acceptors (Lipinski definition) is 6. The van der Waals surface area contributed by atoms with E-state index in [-0.39, 0.29) is 5.82 Å². The Morgan fingerprint density at radius 2 is 1.71 bits per heavy atom. The SMILES string of the molecule is Cc1cc2c(c(N)nn2C(=O)OC(C)(C)C)c(B2OC(C)(C)C(C)(C)O2)c1C. The first-order valence-corrected chi connectivity index (χ1v) is 9.52. The van der Waals surface area contributed by atoms with Crippen LogP contribution >= 0.6 is 0 Å². The van der Waals surface area contributed by atoms with E-state index < -0.39 is 30.0 Å². The minimum atomic E-state index is -0.640. The zero-order chi connectivity index (χ0) is 21.2. The van der Waals surface area contributed by atoms with Crippen molar-refractivity contribution < 1.29 is 18.8 Å². The smallest absolute Gasteiger partial charge is 0.442 e. The topological polar surface area (TPSA) is 88.6 Å². The molecule has 1 aromatic heterocycles. The van der Waals surface area contributed by atoms with Crippen molar-refractivity contribution in [2.75, 3.05) is 5.73 Å². The highest BCUT2D eigenvalue weighted by molar-refractivity contribution is 6.66. The van der Waals surface area contributed by atoms with Crippen LogP contribution in [-0.2, 0) is 14.0 Å². The minimum Gasteiger partial charge on any atom is -0.442 e. The molecule has 8 heteroatoms. The van der Waals surface area contributed by atoms with E-state index in [1.165, 1.54) is 4.68 Å². The Hall–Kier alpha value is -2.06. The van der Waals surface area contributed by atoms with Crippen molar-refractivity contribution in [1.29, 1.82) is 0 Å². The van der Waals surface area contributed by atoms with Crippen LogP contribution in [0.1, 0.15) is 59.6 Å². The van der Waals surface area contributed by atoms with Crippen molar-refractivity contribution in [2.45, 2.75) is 79.1 Å². The molecule has 1 saturated heterocycles. The van der Waals surface area contributed by atoms with Gasteiger partial charge in [0, 0.05) is 5.39 Å². The number of carbonyl (C=O) groups is 1. The molecule has 2 N–H and O–H groups in total. The summed E-state index contributed by atoms with van der Waals surface area (Å²) in [7, 11) is -0.606. The van der Waals surface area contributed by atoms with Crippen LogP contribution in [0, 0.1) is 13.8 Å². The lowest BCUT2D eigenvalue weighted by atomic mass is 9.73. The number of hydrogen-bond donors (Lipinski definition) is 1. The Balaban J connectivity index is 2.20. The third-order valence-electron chi connectivity index (χ3n) is 5.62. The van der Waals surface area contributed by atoms with Gasteiger partial charge in [-0.05, 0) is 85.0 Å². The largest absolute Gasteiger partial charge is 0.495 e. The van der Waals surface area contributed by atoms with Gasteiger partial charge in [-0.25, -0.2) is 4.79 Å². The third kappa shape index (κ3) is 3.29. The molecule has 1 aliphatic heterocycles. The van der Waals surface area contributed by atoms with Crippen LogP contribution in [0.25, 0.3) is 10.9 Å². The fraction of sp³-hybridized carbons (Fsp3) is 0.600. The van der Waals surface area contributed by atoms with Gasteiger partial charge in [0.25, 0.3) is 0 Å². The Kier molecular flexibility index (Phi) is 4.59. The van der Waals surface area contributed by atoms with Crippen LogP contribution in [-0.4, -0.2) is 39.8 Å². The zero-order valence-electron chi connectivity index (χ0n) is 18.3. The summed E-state index contributed by atoms with van der Waals surface area (Å²) < 4.78 is 19.2. The van der Waals surface area contributed by atoms with Gasteiger partial charge >= 0.3 is 13.2 Å². The van der Waals surface area contributed by atoms with Crippen molar-refractivity contribution >= 4 is 35.4 Å². The first-order chi connectivity index (χ1) is 12.6. The number of anilines is 1. The average molecular weight is 387 g/mol. The van der Waals surface area contributed by atoms with Crippen molar-refractivity contribution in [3.05, 3.63) is 17.2 Å². The van der Waals surface area contributed by atoms with Crippen LogP contribution in [0.15, 0.2) is 6.07 Å². The van der Waals surface area contributed by atoms with Crippen molar-refractivity contribution in [2.24, 2.45) is 0 Å². The second-order valence-electron chi connectivity index (χ2n) is 9.49. The molecule has 0 radical (unpaired) electrons. The molecule has 2 heterocycles. The van der Waals surface area contributed by atoms with E-state index in [1.54, 1.807) is 0 Å². The maximum Gasteiger partial charge on any atom is 0.495 e. The molecule has 0 spiro atoms. The van der Waals surface area contributed by atoms with Crippen LogP contribution in [0.4, 0.5) is 10.6 Å². The predicted octanol–water partition coefficient (Wildman–Crippen LogP) is 3.32. The van der Waals surface area contributed by atoms with Crippen LogP contribution in [0.5, 0.6) is 0 Å². The molecule has 1 aliphatic rings. The van der Waals surface area contributed by atoms with Gasteiger partial charge in [0.1, 0.15) is 5.60 Å². The number of aryl methyl sites for hydroxylation is 1. The first kappa shape index (κ1) is 20.7. The maximum absolute atomic E-state index is 12.7. The van der Waals surface area contributed by atoms with Crippen LogP contribution in [0.3, 0.4) is 0 Å². The number of fused-ring (bicyclic) bond motifs is 1. The highest BCUT2D eigenvalue weighted by Gasteiger charge is 2.53. The molecular formula is C20H30BN3O4. The lowest BCUT2D eigenvalue weighted by molar-refractivity contribution is 0.00578. The highest BCUT2D eigenvalue weighted by Crippen LogP contribution is 2.38. The molecule has 152 valence electrons. The van der Waals surface area contributed by atoms with E-state index in [9.17, 15) is 4.79 Å². The van der Waals surface area contributed by atoms with Gasteiger partial charge in [0.15, 0.2) is 5.82 Å². The lowest BCUT2D eigenvalue weighted by Gasteiger charge is -2.32. The molecule has 2 aromatic rings. The van der Waals surface area contributed by atoms with E-state index in [0.717, 1.165) is 16.6 Å². The summed E-state index contributed by atoms with van der Waals surface area (Å²) in [5, 5.41) is 4.93. The summed E-state index contributed by atoms with van der Waals surface area (Å²) in [6.07, 6.45) is -0.572. The molecule has 0 amide bonds. The van der Waals surface area contributed by atoms with Gasteiger partial charge in [0.2, 0.25) is 0 Å². The Morgan fingerprint density at radius 1 is 1.18 bits per heavy atom. The van der Waals surface area contributed by atoms with Crippen molar-refractivity contribution in [3.8, 4) is 0 Å². The molecule has 1 fully saturated rings. The number of ether oxygens (including phenoxy) is 1. The van der Waals surface area contributed by atoms with Gasteiger partial charge in [-0.1, -0.05) is 0 Å². The summed E-state index contributed by atoms with van der Waals surface area (Å²) in [6, 6.07) is 1.90. The normalized spacial score (nSPS) is 18.7. The molecule has 3 rings (SSSR count). The second kappa shape index (κ2) is 6.22. The van der Waals surface area contributed by atoms with E-state index in [0.29, 0.717) is 10.9 Å². The third-order valence-corrected chi connectivity index (χ3v) is 5.62. The van der Waals surface area contributed by atoms with E-state index in [2.05, 4.69) is 5.10 Å². The van der Waals surface area contributed by atoms with Gasteiger partial charge in [-0.15, -0.1) is 5.10 Å². The van der Waals surface area contributed by atoms with Gasteiger partial charge in [-0.2, -0.15) is 4.68 Å². The number of nitrogen functional groups attached to an aromatic ring is 1. The predicted molar refractivity (Wildman–Crippen MR) is 111 cm³/mol. The standard InChI is InChI=1S/C20H30BN3O4/c1-11-10-13-14(16(22)23-24(13)17(25)26-18(3,4)5)15(12(11)2)21-27-19(6,7)20(8,9)28-21/h10H,1-9H3,(H2,22,23). The number of benzene rings is 1. The lowest BCUT2D eigenvalue weighted by Crippen LogP contribution is -2.41. The number of carbonyl (C=O) groups excluding carboxylic acids is 1.